The van der Waals surface area contributed by atoms with E-state index in [2.05, 4.69) is 15.3 Å². The third kappa shape index (κ3) is 4.06. The van der Waals surface area contributed by atoms with E-state index in [0.29, 0.717) is 12.4 Å². The van der Waals surface area contributed by atoms with E-state index in [4.69, 9.17) is 0 Å². The van der Waals surface area contributed by atoms with E-state index in [1.54, 1.807) is 43.5 Å². The number of carbonyl (C=O) groups is 1. The number of phenolic OH excluding ortho intramolecular Hbond substituents is 1. The summed E-state index contributed by atoms with van der Waals surface area (Å²) in [6.07, 6.45) is 1.90. The summed E-state index contributed by atoms with van der Waals surface area (Å²) in [5.74, 6) is 0.735. The molecule has 0 aliphatic heterocycles. The van der Waals surface area contributed by atoms with Crippen LogP contribution in [0, 0.1) is 6.92 Å². The zero-order chi connectivity index (χ0) is 13.7. The molecular formula is C14H15N3O2. The molecule has 0 spiro atoms. The molecule has 0 aliphatic carbocycles. The molecule has 2 N–H and O–H groups in total. The highest BCUT2D eigenvalue weighted by atomic mass is 16.3. The van der Waals surface area contributed by atoms with Crippen LogP contribution in [-0.4, -0.2) is 21.0 Å². The Morgan fingerprint density at radius 3 is 2.95 bits per heavy atom. The molecule has 0 aliphatic rings. The summed E-state index contributed by atoms with van der Waals surface area (Å²) in [6.45, 7) is 2.18. The van der Waals surface area contributed by atoms with Gasteiger partial charge >= 0.3 is 0 Å². The average molecular weight is 257 g/mol. The topological polar surface area (TPSA) is 75.1 Å². The van der Waals surface area contributed by atoms with Crippen molar-refractivity contribution in [2.24, 2.45) is 0 Å². The molecule has 1 heterocycles. The largest absolute Gasteiger partial charge is 0.508 e. The first-order valence-corrected chi connectivity index (χ1v) is 5.96. The van der Waals surface area contributed by atoms with Crippen molar-refractivity contribution >= 4 is 5.91 Å². The zero-order valence-electron chi connectivity index (χ0n) is 10.6. The smallest absolute Gasteiger partial charge is 0.224 e. The quantitative estimate of drug-likeness (QED) is 0.867. The van der Waals surface area contributed by atoms with Crippen LogP contribution in [0.5, 0.6) is 5.75 Å². The van der Waals surface area contributed by atoms with Crippen LogP contribution in [0.2, 0.25) is 0 Å². The predicted octanol–water partition coefficient (Wildman–Crippen LogP) is 1.35. The van der Waals surface area contributed by atoms with Crippen molar-refractivity contribution in [3.8, 4) is 5.75 Å². The van der Waals surface area contributed by atoms with Crippen molar-refractivity contribution in [1.82, 2.24) is 15.3 Å². The molecule has 0 bridgehead atoms. The molecule has 5 nitrogen and oxygen atoms in total. The number of amides is 1. The summed E-state index contributed by atoms with van der Waals surface area (Å²) in [5, 5.41) is 12.1. The minimum absolute atomic E-state index is 0.109. The van der Waals surface area contributed by atoms with Gasteiger partial charge in [0.1, 0.15) is 11.6 Å². The molecular weight excluding hydrogens is 242 g/mol. The number of hydrogen-bond donors (Lipinski definition) is 2. The molecule has 0 saturated carbocycles. The fraction of sp³-hybridized carbons (Fsp3) is 0.214. The number of benzene rings is 1. The van der Waals surface area contributed by atoms with Crippen LogP contribution in [0.15, 0.2) is 36.5 Å². The Morgan fingerprint density at radius 1 is 1.37 bits per heavy atom. The Morgan fingerprint density at radius 2 is 2.21 bits per heavy atom. The summed E-state index contributed by atoms with van der Waals surface area (Å²) in [5.41, 5.74) is 1.55. The summed E-state index contributed by atoms with van der Waals surface area (Å²) in [6, 6.07) is 8.43. The molecule has 0 saturated heterocycles. The Balaban J connectivity index is 1.88. The normalized spacial score (nSPS) is 10.2. The lowest BCUT2D eigenvalue weighted by atomic mass is 10.1. The maximum absolute atomic E-state index is 11.7. The van der Waals surface area contributed by atoms with E-state index in [0.717, 1.165) is 11.3 Å². The van der Waals surface area contributed by atoms with Gasteiger partial charge in [-0.25, -0.2) is 9.97 Å². The Bertz CT molecular complexity index is 584. The number of nitrogens with zero attached hydrogens (tertiary/aromatic N) is 2. The van der Waals surface area contributed by atoms with Gasteiger partial charge in [0.15, 0.2) is 0 Å². The van der Waals surface area contributed by atoms with E-state index in [-0.39, 0.29) is 18.1 Å². The van der Waals surface area contributed by atoms with E-state index >= 15 is 0 Å². The first-order chi connectivity index (χ1) is 9.13. The van der Waals surface area contributed by atoms with Crippen molar-refractivity contribution in [3.05, 3.63) is 53.6 Å². The lowest BCUT2D eigenvalue weighted by Crippen LogP contribution is -2.25. The van der Waals surface area contributed by atoms with E-state index in [9.17, 15) is 9.90 Å². The molecule has 98 valence electrons. The second-order valence-corrected chi connectivity index (χ2v) is 4.22. The summed E-state index contributed by atoms with van der Waals surface area (Å²) in [4.78, 5) is 19.9. The van der Waals surface area contributed by atoms with Gasteiger partial charge in [-0.05, 0) is 30.7 Å². The molecule has 1 aromatic heterocycles. The van der Waals surface area contributed by atoms with Gasteiger partial charge in [0.25, 0.3) is 0 Å². The standard InChI is InChI=1S/C14H15N3O2/c1-10-15-6-5-12(17-10)9-16-14(19)8-11-3-2-4-13(18)7-11/h2-7,18H,8-9H2,1H3,(H,16,19). The van der Waals surface area contributed by atoms with Crippen LogP contribution >= 0.6 is 0 Å². The molecule has 0 unspecified atom stereocenters. The van der Waals surface area contributed by atoms with Gasteiger partial charge in [0.05, 0.1) is 18.7 Å². The van der Waals surface area contributed by atoms with Crippen LogP contribution < -0.4 is 5.32 Å². The number of rotatable bonds is 4. The number of hydrogen-bond acceptors (Lipinski definition) is 4. The minimum Gasteiger partial charge on any atom is -0.508 e. The van der Waals surface area contributed by atoms with Gasteiger partial charge in [0, 0.05) is 6.20 Å². The zero-order valence-corrected chi connectivity index (χ0v) is 10.6. The van der Waals surface area contributed by atoms with Gasteiger partial charge in [-0.3, -0.25) is 4.79 Å². The summed E-state index contributed by atoms with van der Waals surface area (Å²) < 4.78 is 0. The van der Waals surface area contributed by atoms with Gasteiger partial charge < -0.3 is 10.4 Å². The average Bonchev–Trinajstić information content (AvgIpc) is 2.36. The Kier molecular flexibility index (Phi) is 4.07. The highest BCUT2D eigenvalue weighted by Gasteiger charge is 2.04. The number of aryl methyl sites for hydroxylation is 1. The molecule has 2 aromatic rings. The van der Waals surface area contributed by atoms with E-state index in [1.165, 1.54) is 0 Å². The van der Waals surface area contributed by atoms with E-state index < -0.39 is 0 Å². The van der Waals surface area contributed by atoms with Crippen LogP contribution in [-0.2, 0) is 17.8 Å². The fourth-order valence-corrected chi connectivity index (χ4v) is 1.71. The number of phenols is 1. The van der Waals surface area contributed by atoms with Crippen LogP contribution in [0.25, 0.3) is 0 Å². The lowest BCUT2D eigenvalue weighted by molar-refractivity contribution is -0.120. The molecule has 19 heavy (non-hydrogen) atoms. The number of aromatic hydroxyl groups is 1. The van der Waals surface area contributed by atoms with Crippen LogP contribution in [0.4, 0.5) is 0 Å². The van der Waals surface area contributed by atoms with Crippen molar-refractivity contribution in [2.75, 3.05) is 0 Å². The molecule has 0 fully saturated rings. The SMILES string of the molecule is Cc1nccc(CNC(=O)Cc2cccc(O)c2)n1. The molecule has 0 radical (unpaired) electrons. The summed E-state index contributed by atoms with van der Waals surface area (Å²) >= 11 is 0. The Hall–Kier alpha value is -2.43. The van der Waals surface area contributed by atoms with Gasteiger partial charge in [-0.15, -0.1) is 0 Å². The number of aromatic nitrogens is 2. The number of carbonyl (C=O) groups excluding carboxylic acids is 1. The van der Waals surface area contributed by atoms with Crippen LogP contribution in [0.3, 0.4) is 0 Å². The third-order valence-corrected chi connectivity index (χ3v) is 2.58. The molecule has 5 heteroatoms. The van der Waals surface area contributed by atoms with E-state index in [1.807, 2.05) is 0 Å². The van der Waals surface area contributed by atoms with Gasteiger partial charge in [-0.1, -0.05) is 12.1 Å². The fourth-order valence-electron chi connectivity index (χ4n) is 1.71. The first-order valence-electron chi connectivity index (χ1n) is 5.96. The molecule has 1 amide bonds. The molecule has 0 atom stereocenters. The maximum atomic E-state index is 11.7. The monoisotopic (exact) mass is 257 g/mol. The van der Waals surface area contributed by atoms with Crippen molar-refractivity contribution in [2.45, 2.75) is 19.9 Å². The number of nitrogens with one attached hydrogen (secondary N) is 1. The third-order valence-electron chi connectivity index (χ3n) is 2.58. The van der Waals surface area contributed by atoms with Crippen molar-refractivity contribution in [1.29, 1.82) is 0 Å². The minimum atomic E-state index is -0.109. The van der Waals surface area contributed by atoms with Gasteiger partial charge in [-0.2, -0.15) is 0 Å². The summed E-state index contributed by atoms with van der Waals surface area (Å²) in [7, 11) is 0. The maximum Gasteiger partial charge on any atom is 0.224 e. The predicted molar refractivity (Wildman–Crippen MR) is 70.4 cm³/mol. The molecule has 1 aromatic carbocycles. The second kappa shape index (κ2) is 5.95. The first kappa shape index (κ1) is 13.0. The lowest BCUT2D eigenvalue weighted by Gasteiger charge is -2.05. The van der Waals surface area contributed by atoms with Crippen LogP contribution in [0.1, 0.15) is 17.1 Å². The van der Waals surface area contributed by atoms with Crippen molar-refractivity contribution in [3.63, 3.8) is 0 Å². The molecule has 2 rings (SSSR count). The highest BCUT2D eigenvalue weighted by molar-refractivity contribution is 5.78. The highest BCUT2D eigenvalue weighted by Crippen LogP contribution is 2.11. The Labute approximate surface area is 111 Å². The second-order valence-electron chi connectivity index (χ2n) is 4.22. The van der Waals surface area contributed by atoms with Crippen molar-refractivity contribution < 1.29 is 9.90 Å². The van der Waals surface area contributed by atoms with Gasteiger partial charge in [0.2, 0.25) is 5.91 Å².